The van der Waals surface area contributed by atoms with Crippen molar-refractivity contribution in [2.75, 3.05) is 6.16 Å². The van der Waals surface area contributed by atoms with E-state index in [-0.39, 0.29) is 5.97 Å². The van der Waals surface area contributed by atoms with Crippen molar-refractivity contribution in [2.24, 2.45) is 0 Å². The van der Waals surface area contributed by atoms with E-state index in [4.69, 9.17) is 4.52 Å². The first-order valence-corrected chi connectivity index (χ1v) is 8.84. The van der Waals surface area contributed by atoms with E-state index in [0.717, 1.165) is 16.8 Å². The molecule has 0 radical (unpaired) electrons. The van der Waals surface area contributed by atoms with Crippen LogP contribution in [0.5, 0.6) is 0 Å². The SMILES string of the molecule is CCC(=O)O[P+](CC)(c1ccccc1)c1ccccc1. The molecular weight excluding hydrogens is 267 g/mol. The number of hydrogen-bond donors (Lipinski definition) is 0. The highest BCUT2D eigenvalue weighted by atomic mass is 31.2. The fraction of sp³-hybridized carbons (Fsp3) is 0.235. The molecule has 0 aliphatic carbocycles. The van der Waals surface area contributed by atoms with Crippen molar-refractivity contribution < 1.29 is 9.32 Å². The summed E-state index contributed by atoms with van der Waals surface area (Å²) >= 11 is 0. The minimum Gasteiger partial charge on any atom is -0.302 e. The molecule has 0 aliphatic rings. The van der Waals surface area contributed by atoms with Crippen LogP contribution in [0.1, 0.15) is 20.3 Å². The first-order valence-electron chi connectivity index (χ1n) is 6.94. The molecule has 3 heteroatoms. The van der Waals surface area contributed by atoms with Crippen LogP contribution in [0.4, 0.5) is 0 Å². The maximum absolute atomic E-state index is 11.9. The molecule has 2 rings (SSSR count). The van der Waals surface area contributed by atoms with E-state index in [1.54, 1.807) is 0 Å². The third-order valence-electron chi connectivity index (χ3n) is 3.34. The topological polar surface area (TPSA) is 26.3 Å². The van der Waals surface area contributed by atoms with Crippen molar-refractivity contribution in [1.29, 1.82) is 0 Å². The summed E-state index contributed by atoms with van der Waals surface area (Å²) in [7, 11) is -2.10. The van der Waals surface area contributed by atoms with Crippen LogP contribution in [0.3, 0.4) is 0 Å². The molecule has 0 heterocycles. The quantitative estimate of drug-likeness (QED) is 0.786. The molecule has 0 aliphatic heterocycles. The van der Waals surface area contributed by atoms with Crippen LogP contribution in [0, 0.1) is 0 Å². The highest BCUT2D eigenvalue weighted by Gasteiger charge is 2.46. The van der Waals surface area contributed by atoms with Crippen LogP contribution in [0.25, 0.3) is 0 Å². The number of rotatable bonds is 5. The molecule has 0 unspecified atom stereocenters. The zero-order valence-electron chi connectivity index (χ0n) is 12.0. The number of carbonyl (C=O) groups is 1. The van der Waals surface area contributed by atoms with Crippen LogP contribution in [0.15, 0.2) is 60.7 Å². The van der Waals surface area contributed by atoms with E-state index in [0.29, 0.717) is 6.42 Å². The van der Waals surface area contributed by atoms with Crippen molar-refractivity contribution in [3.05, 3.63) is 60.7 Å². The molecule has 0 saturated heterocycles. The number of carbonyl (C=O) groups excluding carboxylic acids is 1. The van der Waals surface area contributed by atoms with Crippen molar-refractivity contribution in [3.63, 3.8) is 0 Å². The van der Waals surface area contributed by atoms with Gasteiger partial charge in [0.25, 0.3) is 7.49 Å². The lowest BCUT2D eigenvalue weighted by molar-refractivity contribution is -0.133. The Balaban J connectivity index is 2.55. The molecule has 0 N–H and O–H groups in total. The van der Waals surface area contributed by atoms with Gasteiger partial charge in [-0.3, -0.25) is 0 Å². The highest BCUT2D eigenvalue weighted by Crippen LogP contribution is 2.57. The Morgan fingerprint density at radius 1 is 0.900 bits per heavy atom. The maximum Gasteiger partial charge on any atom is 0.350 e. The van der Waals surface area contributed by atoms with Gasteiger partial charge in [0.15, 0.2) is 0 Å². The second-order valence-electron chi connectivity index (χ2n) is 4.54. The van der Waals surface area contributed by atoms with Gasteiger partial charge in [-0.05, 0) is 31.2 Å². The van der Waals surface area contributed by atoms with Crippen LogP contribution in [-0.2, 0) is 9.32 Å². The third-order valence-corrected chi connectivity index (χ3v) is 7.01. The average molecular weight is 287 g/mol. The summed E-state index contributed by atoms with van der Waals surface area (Å²) in [4.78, 5) is 11.9. The van der Waals surface area contributed by atoms with E-state index in [2.05, 4.69) is 31.2 Å². The van der Waals surface area contributed by atoms with Gasteiger partial charge in [-0.1, -0.05) is 43.3 Å². The summed E-state index contributed by atoms with van der Waals surface area (Å²) in [6, 6.07) is 20.2. The molecule has 0 spiro atoms. The Kier molecular flexibility index (Phi) is 4.92. The first kappa shape index (κ1) is 14.7. The van der Waals surface area contributed by atoms with Crippen LogP contribution in [0.2, 0.25) is 0 Å². The summed E-state index contributed by atoms with van der Waals surface area (Å²) in [6.45, 7) is 3.93. The van der Waals surface area contributed by atoms with Gasteiger partial charge >= 0.3 is 5.97 Å². The molecular formula is C17H20O2P+. The lowest BCUT2D eigenvalue weighted by atomic mass is 10.4. The molecule has 0 amide bonds. The molecule has 0 bridgehead atoms. The second-order valence-corrected chi connectivity index (χ2v) is 7.87. The average Bonchev–Trinajstić information content (AvgIpc) is 2.54. The van der Waals surface area contributed by atoms with Crippen molar-refractivity contribution >= 4 is 24.1 Å². The van der Waals surface area contributed by atoms with Gasteiger partial charge in [0.1, 0.15) is 16.8 Å². The summed E-state index contributed by atoms with van der Waals surface area (Å²) in [5.41, 5.74) is 0. The molecule has 20 heavy (non-hydrogen) atoms. The smallest absolute Gasteiger partial charge is 0.302 e. The maximum atomic E-state index is 11.9. The Labute approximate surface area is 121 Å². The van der Waals surface area contributed by atoms with Crippen molar-refractivity contribution in [3.8, 4) is 0 Å². The van der Waals surface area contributed by atoms with E-state index in [9.17, 15) is 4.79 Å². The molecule has 2 aromatic rings. The summed E-state index contributed by atoms with van der Waals surface area (Å²) in [5.74, 6) is -0.132. The summed E-state index contributed by atoms with van der Waals surface area (Å²) in [6.07, 6.45) is 1.22. The molecule has 2 aromatic carbocycles. The zero-order chi connectivity index (χ0) is 14.4. The fourth-order valence-electron chi connectivity index (χ4n) is 2.26. The fourth-order valence-corrected chi connectivity index (χ4v) is 5.41. The minimum atomic E-state index is -2.10. The first-order chi connectivity index (χ1) is 9.73. The Bertz CT molecular complexity index is 512. The Morgan fingerprint density at radius 3 is 1.70 bits per heavy atom. The highest BCUT2D eigenvalue weighted by molar-refractivity contribution is 7.85. The molecule has 0 atom stereocenters. The largest absolute Gasteiger partial charge is 0.350 e. The standard InChI is InChI=1S/C17H20O2P/c1-3-17(18)19-20(4-2,15-11-7-5-8-12-15)16-13-9-6-10-14-16/h5-14H,3-4H2,1-2H3/q+1. The van der Waals surface area contributed by atoms with Crippen LogP contribution < -0.4 is 10.6 Å². The normalized spacial score (nSPS) is 11.1. The summed E-state index contributed by atoms with van der Waals surface area (Å²) in [5, 5.41) is 2.24. The van der Waals surface area contributed by atoms with Gasteiger partial charge < -0.3 is 4.52 Å². The number of benzene rings is 2. The number of hydrogen-bond acceptors (Lipinski definition) is 2. The second kappa shape index (κ2) is 6.67. The van der Waals surface area contributed by atoms with E-state index in [1.807, 2.05) is 43.3 Å². The molecule has 0 aromatic heterocycles. The lowest BCUT2D eigenvalue weighted by Crippen LogP contribution is -2.28. The lowest BCUT2D eigenvalue weighted by Gasteiger charge is -2.23. The van der Waals surface area contributed by atoms with Crippen LogP contribution >= 0.6 is 7.49 Å². The van der Waals surface area contributed by atoms with Gasteiger partial charge in [-0.25, -0.2) is 4.79 Å². The van der Waals surface area contributed by atoms with Crippen molar-refractivity contribution in [2.45, 2.75) is 20.3 Å². The third kappa shape index (κ3) is 2.91. The predicted octanol–water partition coefficient (Wildman–Crippen LogP) is 3.54. The predicted molar refractivity (Wildman–Crippen MR) is 86.0 cm³/mol. The molecule has 2 nitrogen and oxygen atoms in total. The van der Waals surface area contributed by atoms with Gasteiger partial charge in [-0.2, -0.15) is 0 Å². The molecule has 104 valence electrons. The monoisotopic (exact) mass is 287 g/mol. The van der Waals surface area contributed by atoms with Crippen molar-refractivity contribution in [1.82, 2.24) is 0 Å². The van der Waals surface area contributed by atoms with E-state index in [1.165, 1.54) is 0 Å². The minimum absolute atomic E-state index is 0.132. The van der Waals surface area contributed by atoms with Gasteiger partial charge in [-0.15, -0.1) is 0 Å². The summed E-state index contributed by atoms with van der Waals surface area (Å²) < 4.78 is 5.98. The van der Waals surface area contributed by atoms with E-state index >= 15 is 0 Å². The van der Waals surface area contributed by atoms with Gasteiger partial charge in [0, 0.05) is 6.42 Å². The van der Waals surface area contributed by atoms with Crippen LogP contribution in [-0.4, -0.2) is 12.1 Å². The molecule has 0 saturated carbocycles. The zero-order valence-corrected chi connectivity index (χ0v) is 12.8. The van der Waals surface area contributed by atoms with Gasteiger partial charge in [0.2, 0.25) is 0 Å². The van der Waals surface area contributed by atoms with Gasteiger partial charge in [0.05, 0.1) is 0 Å². The Morgan fingerprint density at radius 2 is 1.35 bits per heavy atom. The Hall–Kier alpha value is -1.66. The molecule has 0 fully saturated rings. The van der Waals surface area contributed by atoms with E-state index < -0.39 is 7.49 Å².